The molecule has 0 spiro atoms. The van der Waals surface area contributed by atoms with Gasteiger partial charge in [-0.1, -0.05) is 75.4 Å². The van der Waals surface area contributed by atoms with Gasteiger partial charge in [-0.15, -0.1) is 0 Å². The molecule has 4 nitrogen and oxygen atoms in total. The molecule has 0 saturated carbocycles. The second kappa shape index (κ2) is 7.73. The summed E-state index contributed by atoms with van der Waals surface area (Å²) >= 11 is 0. The van der Waals surface area contributed by atoms with E-state index < -0.39 is 5.54 Å². The topological polar surface area (TPSA) is 55.6 Å². The number of piperidine rings is 1. The number of rotatable bonds is 3. The Bertz CT molecular complexity index is 772. The number of carbonyl (C=O) groups excluding carboxylic acids is 1. The third-order valence-corrected chi connectivity index (χ3v) is 5.42. The van der Waals surface area contributed by atoms with Gasteiger partial charge < -0.3 is 15.4 Å². The standard InChI is InChI=1S/C23H30N2O2/c1-22(2,3)19-10-7-11-20(16-19)23(24)12-14-25(15-13-23)21(26)27-17-18-8-5-4-6-9-18/h4-11,16H,12-15,17,24H2,1-3H3. The molecule has 1 saturated heterocycles. The van der Waals surface area contributed by atoms with Crippen LogP contribution in [0.4, 0.5) is 4.79 Å². The second-order valence-corrected chi connectivity index (χ2v) is 8.51. The molecule has 1 amide bonds. The lowest BCUT2D eigenvalue weighted by molar-refractivity contribution is 0.0779. The Labute approximate surface area is 162 Å². The average molecular weight is 367 g/mol. The molecular formula is C23H30N2O2. The monoisotopic (exact) mass is 366 g/mol. The summed E-state index contributed by atoms with van der Waals surface area (Å²) in [5, 5.41) is 0. The van der Waals surface area contributed by atoms with Crippen molar-refractivity contribution in [2.45, 2.75) is 51.2 Å². The van der Waals surface area contributed by atoms with Crippen molar-refractivity contribution in [3.8, 4) is 0 Å². The number of hydrogen-bond acceptors (Lipinski definition) is 3. The highest BCUT2D eigenvalue weighted by Gasteiger charge is 2.35. The molecule has 0 aliphatic carbocycles. The molecule has 4 heteroatoms. The van der Waals surface area contributed by atoms with Gasteiger partial charge in [-0.25, -0.2) is 4.79 Å². The first-order valence-corrected chi connectivity index (χ1v) is 9.63. The largest absolute Gasteiger partial charge is 0.445 e. The second-order valence-electron chi connectivity index (χ2n) is 8.51. The zero-order chi connectivity index (χ0) is 19.5. The van der Waals surface area contributed by atoms with E-state index in [1.54, 1.807) is 4.90 Å². The van der Waals surface area contributed by atoms with Crippen molar-refractivity contribution in [2.75, 3.05) is 13.1 Å². The Morgan fingerprint density at radius 2 is 1.74 bits per heavy atom. The van der Waals surface area contributed by atoms with E-state index in [1.807, 2.05) is 30.3 Å². The number of carbonyl (C=O) groups is 1. The summed E-state index contributed by atoms with van der Waals surface area (Å²) in [5.74, 6) is 0. The highest BCUT2D eigenvalue weighted by atomic mass is 16.6. The molecule has 0 radical (unpaired) electrons. The van der Waals surface area contributed by atoms with Crippen LogP contribution in [0.5, 0.6) is 0 Å². The van der Waals surface area contributed by atoms with Gasteiger partial charge in [0, 0.05) is 18.6 Å². The van der Waals surface area contributed by atoms with Gasteiger partial charge in [0.2, 0.25) is 0 Å². The Hall–Kier alpha value is -2.33. The normalized spacial score (nSPS) is 16.8. The number of likely N-dealkylation sites (tertiary alicyclic amines) is 1. The van der Waals surface area contributed by atoms with Crippen molar-refractivity contribution < 1.29 is 9.53 Å². The van der Waals surface area contributed by atoms with E-state index in [9.17, 15) is 4.79 Å². The Balaban J connectivity index is 1.60. The van der Waals surface area contributed by atoms with Crippen molar-refractivity contribution in [1.29, 1.82) is 0 Å². The lowest BCUT2D eigenvalue weighted by Gasteiger charge is -2.39. The van der Waals surface area contributed by atoms with Gasteiger partial charge in [-0.2, -0.15) is 0 Å². The smallest absolute Gasteiger partial charge is 0.410 e. The fraction of sp³-hybridized carbons (Fsp3) is 0.435. The molecule has 0 bridgehead atoms. The number of nitrogens with two attached hydrogens (primary N) is 1. The molecule has 0 unspecified atom stereocenters. The maximum absolute atomic E-state index is 12.4. The molecule has 2 N–H and O–H groups in total. The third-order valence-electron chi connectivity index (χ3n) is 5.42. The van der Waals surface area contributed by atoms with Crippen molar-refractivity contribution >= 4 is 6.09 Å². The lowest BCUT2D eigenvalue weighted by Crippen LogP contribution is -2.50. The third kappa shape index (κ3) is 4.69. The number of hydrogen-bond donors (Lipinski definition) is 1. The molecule has 1 aliphatic rings. The van der Waals surface area contributed by atoms with Crippen LogP contribution in [0, 0.1) is 0 Å². The van der Waals surface area contributed by atoms with Crippen molar-refractivity contribution in [3.63, 3.8) is 0 Å². The molecule has 1 fully saturated rings. The number of nitrogens with zero attached hydrogens (tertiary/aromatic N) is 1. The molecule has 144 valence electrons. The van der Waals surface area contributed by atoms with Crippen molar-refractivity contribution in [2.24, 2.45) is 5.73 Å². The summed E-state index contributed by atoms with van der Waals surface area (Å²) in [6, 6.07) is 18.3. The van der Waals surface area contributed by atoms with Crippen LogP contribution >= 0.6 is 0 Å². The molecule has 2 aromatic rings. The van der Waals surface area contributed by atoms with Gasteiger partial charge in [-0.05, 0) is 34.9 Å². The van der Waals surface area contributed by atoms with E-state index in [4.69, 9.17) is 10.5 Å². The molecule has 1 heterocycles. The molecule has 1 aliphatic heterocycles. The van der Waals surface area contributed by atoms with Crippen LogP contribution in [-0.2, 0) is 22.3 Å². The highest BCUT2D eigenvalue weighted by molar-refractivity contribution is 5.67. The maximum atomic E-state index is 12.4. The Morgan fingerprint density at radius 1 is 1.07 bits per heavy atom. The minimum atomic E-state index is -0.391. The molecule has 3 rings (SSSR count). The van der Waals surface area contributed by atoms with Gasteiger partial charge in [0.15, 0.2) is 0 Å². The SMILES string of the molecule is CC(C)(C)c1cccc(C2(N)CCN(C(=O)OCc3ccccc3)CC2)c1. The van der Waals surface area contributed by atoms with E-state index >= 15 is 0 Å². The first-order chi connectivity index (χ1) is 12.8. The number of benzene rings is 2. The Kier molecular flexibility index (Phi) is 5.56. The summed E-state index contributed by atoms with van der Waals surface area (Å²) in [6.45, 7) is 8.16. The van der Waals surface area contributed by atoms with Crippen LogP contribution in [0.2, 0.25) is 0 Å². The predicted octanol–water partition coefficient (Wildman–Crippen LogP) is 4.57. The molecule has 0 atom stereocenters. The van der Waals surface area contributed by atoms with Crippen molar-refractivity contribution in [1.82, 2.24) is 4.90 Å². The van der Waals surface area contributed by atoms with Crippen molar-refractivity contribution in [3.05, 3.63) is 71.3 Å². The van der Waals surface area contributed by atoms with Gasteiger partial charge in [-0.3, -0.25) is 0 Å². The van der Waals surface area contributed by atoms with Gasteiger partial charge in [0.05, 0.1) is 0 Å². The zero-order valence-electron chi connectivity index (χ0n) is 16.6. The minimum absolute atomic E-state index is 0.0916. The summed E-state index contributed by atoms with van der Waals surface area (Å²) in [7, 11) is 0. The summed E-state index contributed by atoms with van der Waals surface area (Å²) in [6.07, 6.45) is 1.21. The predicted molar refractivity (Wildman–Crippen MR) is 108 cm³/mol. The molecular weight excluding hydrogens is 336 g/mol. The van der Waals surface area contributed by atoms with E-state index in [2.05, 4.69) is 45.0 Å². The number of ether oxygens (including phenoxy) is 1. The van der Waals surface area contributed by atoms with Crippen LogP contribution in [0.25, 0.3) is 0 Å². The van der Waals surface area contributed by atoms with E-state index in [-0.39, 0.29) is 11.5 Å². The average Bonchev–Trinajstić information content (AvgIpc) is 2.67. The fourth-order valence-electron chi connectivity index (χ4n) is 3.48. The van der Waals surface area contributed by atoms with Crippen LogP contribution in [0.3, 0.4) is 0 Å². The van der Waals surface area contributed by atoms with E-state index in [0.717, 1.165) is 24.0 Å². The van der Waals surface area contributed by atoms with Crippen LogP contribution < -0.4 is 5.73 Å². The van der Waals surface area contributed by atoms with E-state index in [0.29, 0.717) is 19.7 Å². The van der Waals surface area contributed by atoms with Crippen LogP contribution in [0.15, 0.2) is 54.6 Å². The van der Waals surface area contributed by atoms with Gasteiger partial charge in [0.1, 0.15) is 6.61 Å². The highest BCUT2D eigenvalue weighted by Crippen LogP contribution is 2.33. The van der Waals surface area contributed by atoms with Crippen LogP contribution in [0.1, 0.15) is 50.3 Å². The maximum Gasteiger partial charge on any atom is 0.410 e. The Morgan fingerprint density at radius 3 is 2.37 bits per heavy atom. The molecule has 0 aromatic heterocycles. The fourth-order valence-corrected chi connectivity index (χ4v) is 3.48. The summed E-state index contributed by atoms with van der Waals surface area (Å²) in [4.78, 5) is 14.1. The van der Waals surface area contributed by atoms with Gasteiger partial charge >= 0.3 is 6.09 Å². The quantitative estimate of drug-likeness (QED) is 0.866. The lowest BCUT2D eigenvalue weighted by atomic mass is 9.78. The van der Waals surface area contributed by atoms with E-state index in [1.165, 1.54) is 5.56 Å². The summed E-state index contributed by atoms with van der Waals surface area (Å²) < 4.78 is 5.45. The summed E-state index contributed by atoms with van der Waals surface area (Å²) in [5.41, 5.74) is 9.88. The molecule has 27 heavy (non-hydrogen) atoms. The first kappa shape index (κ1) is 19.4. The zero-order valence-corrected chi connectivity index (χ0v) is 16.6. The minimum Gasteiger partial charge on any atom is -0.445 e. The molecule has 2 aromatic carbocycles. The van der Waals surface area contributed by atoms with Gasteiger partial charge in [0.25, 0.3) is 0 Å². The number of amides is 1. The first-order valence-electron chi connectivity index (χ1n) is 9.63. The van der Waals surface area contributed by atoms with Crippen LogP contribution in [-0.4, -0.2) is 24.1 Å².